The number of aliphatic hydroxyl groups is 1. The van der Waals surface area contributed by atoms with Crippen LogP contribution in [0.4, 0.5) is 13.2 Å². The molecule has 0 saturated heterocycles. The summed E-state index contributed by atoms with van der Waals surface area (Å²) in [7, 11) is 0. The summed E-state index contributed by atoms with van der Waals surface area (Å²) in [4.78, 5) is 0. The van der Waals surface area contributed by atoms with Crippen LogP contribution in [0, 0.1) is 5.92 Å². The van der Waals surface area contributed by atoms with Gasteiger partial charge in [-0.3, -0.25) is 0 Å². The third-order valence-electron chi connectivity index (χ3n) is 2.48. The van der Waals surface area contributed by atoms with Crippen molar-refractivity contribution in [3.8, 4) is 0 Å². The second-order valence-electron chi connectivity index (χ2n) is 3.75. The van der Waals surface area contributed by atoms with Crippen molar-refractivity contribution >= 4 is 11.8 Å². The van der Waals surface area contributed by atoms with Gasteiger partial charge in [-0.15, -0.1) is 0 Å². The Hall–Kier alpha value is 0.100. The maximum absolute atomic E-state index is 11.9. The van der Waals surface area contributed by atoms with Gasteiger partial charge >= 0.3 is 6.18 Å². The van der Waals surface area contributed by atoms with Gasteiger partial charge in [0.1, 0.15) is 0 Å². The van der Waals surface area contributed by atoms with Crippen molar-refractivity contribution in [2.75, 3.05) is 11.5 Å². The van der Waals surface area contributed by atoms with Crippen molar-refractivity contribution in [3.63, 3.8) is 0 Å². The largest absolute Gasteiger partial charge is 0.415 e. The van der Waals surface area contributed by atoms with E-state index in [1.807, 2.05) is 0 Å². The summed E-state index contributed by atoms with van der Waals surface area (Å²) in [6.07, 6.45) is -1.94. The van der Waals surface area contributed by atoms with Gasteiger partial charge in [0.2, 0.25) is 0 Å². The van der Waals surface area contributed by atoms with Crippen molar-refractivity contribution in [2.24, 2.45) is 5.92 Å². The summed E-state index contributed by atoms with van der Waals surface area (Å²) >= 11 is 1.22. The highest BCUT2D eigenvalue weighted by atomic mass is 32.2. The lowest BCUT2D eigenvalue weighted by atomic mass is 10.1. The zero-order chi connectivity index (χ0) is 10.6. The molecule has 1 aliphatic rings. The first-order valence-electron chi connectivity index (χ1n) is 4.82. The van der Waals surface area contributed by atoms with Crippen LogP contribution in [0.5, 0.6) is 0 Å². The van der Waals surface area contributed by atoms with Gasteiger partial charge in [0, 0.05) is 5.75 Å². The monoisotopic (exact) mass is 228 g/mol. The van der Waals surface area contributed by atoms with Gasteiger partial charge < -0.3 is 5.11 Å². The van der Waals surface area contributed by atoms with E-state index >= 15 is 0 Å². The van der Waals surface area contributed by atoms with Gasteiger partial charge in [0.25, 0.3) is 0 Å². The van der Waals surface area contributed by atoms with Crippen LogP contribution in [0.1, 0.15) is 25.7 Å². The molecule has 5 heteroatoms. The van der Waals surface area contributed by atoms with Crippen LogP contribution in [0.25, 0.3) is 0 Å². The van der Waals surface area contributed by atoms with Crippen LogP contribution < -0.4 is 0 Å². The van der Waals surface area contributed by atoms with Crippen LogP contribution in [0.3, 0.4) is 0 Å². The van der Waals surface area contributed by atoms with Crippen LogP contribution in [-0.4, -0.2) is 28.9 Å². The third kappa shape index (κ3) is 4.09. The Balaban J connectivity index is 2.08. The van der Waals surface area contributed by atoms with Crippen molar-refractivity contribution < 1.29 is 18.3 Å². The molecule has 84 valence electrons. The molecule has 0 aromatic rings. The topological polar surface area (TPSA) is 20.2 Å². The zero-order valence-corrected chi connectivity index (χ0v) is 8.70. The summed E-state index contributed by atoms with van der Waals surface area (Å²) in [6, 6.07) is 0. The first kappa shape index (κ1) is 12.2. The van der Waals surface area contributed by atoms with Gasteiger partial charge in [-0.25, -0.2) is 0 Å². The molecule has 0 aromatic carbocycles. The minimum Gasteiger partial charge on any atom is -0.383 e. The molecule has 1 nitrogen and oxygen atoms in total. The Morgan fingerprint density at radius 2 is 1.86 bits per heavy atom. The molecule has 0 aliphatic heterocycles. The lowest BCUT2D eigenvalue weighted by Crippen LogP contribution is -2.30. The van der Waals surface area contributed by atoms with Gasteiger partial charge in [-0.2, -0.15) is 24.9 Å². The summed E-state index contributed by atoms with van der Waals surface area (Å²) in [5.74, 6) is 1.10. The minimum atomic E-state index is -4.46. The highest BCUT2D eigenvalue weighted by molar-refractivity contribution is 7.99. The predicted octanol–water partition coefficient (Wildman–Crippen LogP) is 2.83. The van der Waals surface area contributed by atoms with Crippen LogP contribution in [-0.2, 0) is 0 Å². The van der Waals surface area contributed by atoms with Crippen molar-refractivity contribution in [2.45, 2.75) is 38.0 Å². The molecule has 1 saturated carbocycles. The molecule has 0 bridgehead atoms. The fourth-order valence-corrected chi connectivity index (χ4v) is 2.83. The first-order valence-corrected chi connectivity index (χ1v) is 5.98. The van der Waals surface area contributed by atoms with Gasteiger partial charge in [0.05, 0.1) is 0 Å². The number of halogens is 3. The van der Waals surface area contributed by atoms with E-state index in [9.17, 15) is 13.2 Å². The number of alkyl halides is 3. The number of thioether (sulfide) groups is 1. The number of hydrogen-bond donors (Lipinski definition) is 1. The second kappa shape index (κ2) is 5.26. The van der Waals surface area contributed by atoms with E-state index in [-0.39, 0.29) is 5.75 Å². The lowest BCUT2D eigenvalue weighted by Gasteiger charge is -2.15. The smallest absolute Gasteiger partial charge is 0.383 e. The lowest BCUT2D eigenvalue weighted by molar-refractivity contribution is -0.195. The number of rotatable bonds is 4. The molecule has 0 aromatic heterocycles. The highest BCUT2D eigenvalue weighted by Crippen LogP contribution is 2.29. The Bertz CT molecular complexity index is 166. The molecule has 1 fully saturated rings. The molecule has 0 spiro atoms. The average Bonchev–Trinajstić information content (AvgIpc) is 2.55. The van der Waals surface area contributed by atoms with Gasteiger partial charge in [-0.05, 0) is 24.5 Å². The first-order chi connectivity index (χ1) is 6.50. The maximum atomic E-state index is 11.9. The van der Waals surface area contributed by atoms with Crippen molar-refractivity contribution in [1.82, 2.24) is 0 Å². The third-order valence-corrected chi connectivity index (χ3v) is 3.74. The zero-order valence-electron chi connectivity index (χ0n) is 7.89. The fourth-order valence-electron chi connectivity index (χ4n) is 1.62. The van der Waals surface area contributed by atoms with Crippen LogP contribution in [0.2, 0.25) is 0 Å². The number of aliphatic hydroxyl groups excluding tert-OH is 1. The normalized spacial score (nSPS) is 21.4. The molecular weight excluding hydrogens is 213 g/mol. The molecule has 0 radical (unpaired) electrons. The molecule has 0 heterocycles. The van der Waals surface area contributed by atoms with Gasteiger partial charge in [0.15, 0.2) is 6.10 Å². The summed E-state index contributed by atoms with van der Waals surface area (Å²) in [5.41, 5.74) is 0. The van der Waals surface area contributed by atoms with E-state index in [0.29, 0.717) is 5.92 Å². The van der Waals surface area contributed by atoms with E-state index in [2.05, 4.69) is 0 Å². The second-order valence-corrected chi connectivity index (χ2v) is 4.82. The van der Waals surface area contributed by atoms with E-state index in [1.54, 1.807) is 0 Å². The summed E-state index contributed by atoms with van der Waals surface area (Å²) in [6.45, 7) is 0. The molecule has 1 aliphatic carbocycles. The molecule has 1 N–H and O–H groups in total. The van der Waals surface area contributed by atoms with Crippen molar-refractivity contribution in [1.29, 1.82) is 0 Å². The SMILES string of the molecule is OC(CSCC1CCCC1)C(F)(F)F. The van der Waals surface area contributed by atoms with E-state index in [0.717, 1.165) is 18.6 Å². The molecular formula is C9H15F3OS. The Kier molecular flexibility index (Phi) is 4.57. The Labute approximate surface area is 86.1 Å². The van der Waals surface area contributed by atoms with Gasteiger partial charge in [-0.1, -0.05) is 12.8 Å². The van der Waals surface area contributed by atoms with Crippen LogP contribution >= 0.6 is 11.8 Å². The molecule has 1 rings (SSSR count). The standard InChI is InChI=1S/C9H15F3OS/c10-9(11,12)8(13)6-14-5-7-3-1-2-4-7/h7-8,13H,1-6H2. The number of hydrogen-bond acceptors (Lipinski definition) is 2. The minimum absolute atomic E-state index is 0.222. The maximum Gasteiger partial charge on any atom is 0.415 e. The molecule has 0 amide bonds. The van der Waals surface area contributed by atoms with Crippen LogP contribution in [0.15, 0.2) is 0 Å². The Morgan fingerprint density at radius 3 is 2.36 bits per heavy atom. The summed E-state index contributed by atoms with van der Waals surface area (Å²) in [5, 5.41) is 8.71. The van der Waals surface area contributed by atoms with Crippen molar-refractivity contribution in [3.05, 3.63) is 0 Å². The van der Waals surface area contributed by atoms with E-state index in [4.69, 9.17) is 5.11 Å². The molecule has 1 unspecified atom stereocenters. The Morgan fingerprint density at radius 1 is 1.29 bits per heavy atom. The molecule has 14 heavy (non-hydrogen) atoms. The van der Waals surface area contributed by atoms with E-state index < -0.39 is 12.3 Å². The van der Waals surface area contributed by atoms with E-state index in [1.165, 1.54) is 24.6 Å². The quantitative estimate of drug-likeness (QED) is 0.798. The predicted molar refractivity (Wildman–Crippen MR) is 51.3 cm³/mol. The fraction of sp³-hybridized carbons (Fsp3) is 1.00. The summed E-state index contributed by atoms with van der Waals surface area (Å²) < 4.78 is 35.7. The highest BCUT2D eigenvalue weighted by Gasteiger charge is 2.37. The average molecular weight is 228 g/mol. The molecule has 1 atom stereocenters.